The van der Waals surface area contributed by atoms with Crippen molar-refractivity contribution in [3.63, 3.8) is 0 Å². The molecule has 0 aromatic carbocycles. The molecule has 0 aliphatic rings. The van der Waals surface area contributed by atoms with E-state index in [0.29, 0.717) is 13.0 Å². The Morgan fingerprint density at radius 3 is 2.33 bits per heavy atom. The second-order valence-electron chi connectivity index (χ2n) is 1.82. The first kappa shape index (κ1) is 8.14. The van der Waals surface area contributed by atoms with Crippen LogP contribution in [0.25, 0.3) is 0 Å². The van der Waals surface area contributed by atoms with Crippen molar-refractivity contribution in [3.05, 3.63) is 0 Å². The molecule has 0 fully saturated rings. The van der Waals surface area contributed by atoms with E-state index in [-0.39, 0.29) is 5.91 Å². The molecule has 0 radical (unpaired) electrons. The van der Waals surface area contributed by atoms with Gasteiger partial charge in [-0.1, -0.05) is 6.92 Å². The molecule has 3 heteroatoms. The summed E-state index contributed by atoms with van der Waals surface area (Å²) in [5, 5.41) is 0. The van der Waals surface area contributed by atoms with Gasteiger partial charge in [0.2, 0.25) is 12.3 Å². The summed E-state index contributed by atoms with van der Waals surface area (Å²) >= 11 is 0. The third kappa shape index (κ3) is 2.85. The standard InChI is InChI=1S/C6H11NO2/c1-3-4-7(5-8)6(2)9/h5H,3-4H2,1-2H3. The molecular formula is C6H11NO2. The van der Waals surface area contributed by atoms with Gasteiger partial charge in [0.15, 0.2) is 0 Å². The summed E-state index contributed by atoms with van der Waals surface area (Å²) < 4.78 is 0. The average Bonchev–Trinajstić information content (AvgIpc) is 1.82. The maximum Gasteiger partial charge on any atom is 0.225 e. The van der Waals surface area contributed by atoms with E-state index in [1.165, 1.54) is 6.92 Å². The summed E-state index contributed by atoms with van der Waals surface area (Å²) in [5.41, 5.74) is 0. The van der Waals surface area contributed by atoms with Crippen LogP contribution < -0.4 is 0 Å². The van der Waals surface area contributed by atoms with Gasteiger partial charge in [0, 0.05) is 13.5 Å². The monoisotopic (exact) mass is 129 g/mol. The van der Waals surface area contributed by atoms with Crippen molar-refractivity contribution < 1.29 is 9.59 Å². The maximum absolute atomic E-state index is 10.5. The van der Waals surface area contributed by atoms with E-state index in [1.54, 1.807) is 0 Å². The quantitative estimate of drug-likeness (QED) is 0.517. The zero-order valence-corrected chi connectivity index (χ0v) is 5.76. The number of carbonyl (C=O) groups is 2. The minimum Gasteiger partial charge on any atom is -0.286 e. The number of nitrogens with zero attached hydrogens (tertiary/aromatic N) is 1. The molecule has 0 aliphatic carbocycles. The van der Waals surface area contributed by atoms with Crippen LogP contribution in [0.1, 0.15) is 20.3 Å². The Hall–Kier alpha value is -0.860. The summed E-state index contributed by atoms with van der Waals surface area (Å²) in [6.45, 7) is 3.82. The highest BCUT2D eigenvalue weighted by Gasteiger charge is 2.02. The van der Waals surface area contributed by atoms with Crippen molar-refractivity contribution >= 4 is 12.3 Å². The fourth-order valence-electron chi connectivity index (χ4n) is 0.525. The van der Waals surface area contributed by atoms with Gasteiger partial charge in [0.05, 0.1) is 0 Å². The highest BCUT2D eigenvalue weighted by molar-refractivity contribution is 5.83. The van der Waals surface area contributed by atoms with Crippen LogP contribution in [0.3, 0.4) is 0 Å². The largest absolute Gasteiger partial charge is 0.286 e. The lowest BCUT2D eigenvalue weighted by molar-refractivity contribution is -0.136. The van der Waals surface area contributed by atoms with Crippen LogP contribution in [-0.4, -0.2) is 23.8 Å². The van der Waals surface area contributed by atoms with Crippen LogP contribution in [0.2, 0.25) is 0 Å². The molecule has 0 aromatic heterocycles. The molecule has 0 aromatic rings. The SMILES string of the molecule is CCCN(C=O)C(C)=O. The first-order valence-corrected chi connectivity index (χ1v) is 2.94. The van der Waals surface area contributed by atoms with Crippen molar-refractivity contribution in [1.82, 2.24) is 4.90 Å². The van der Waals surface area contributed by atoms with Gasteiger partial charge >= 0.3 is 0 Å². The van der Waals surface area contributed by atoms with E-state index in [9.17, 15) is 9.59 Å². The Kier molecular flexibility index (Phi) is 3.67. The zero-order valence-electron chi connectivity index (χ0n) is 5.76. The molecule has 9 heavy (non-hydrogen) atoms. The molecule has 0 saturated heterocycles. The predicted molar refractivity (Wildman–Crippen MR) is 33.7 cm³/mol. The highest BCUT2D eigenvalue weighted by atomic mass is 16.2. The lowest BCUT2D eigenvalue weighted by atomic mass is 10.4. The van der Waals surface area contributed by atoms with Crippen LogP contribution in [0.5, 0.6) is 0 Å². The fraction of sp³-hybridized carbons (Fsp3) is 0.667. The van der Waals surface area contributed by atoms with Crippen molar-refractivity contribution in [3.8, 4) is 0 Å². The van der Waals surface area contributed by atoms with Gasteiger partial charge in [-0.25, -0.2) is 0 Å². The second-order valence-corrected chi connectivity index (χ2v) is 1.82. The topological polar surface area (TPSA) is 37.4 Å². The molecule has 0 N–H and O–H groups in total. The fourth-order valence-corrected chi connectivity index (χ4v) is 0.525. The third-order valence-corrected chi connectivity index (χ3v) is 0.996. The normalized spacial score (nSPS) is 8.67. The molecule has 0 unspecified atom stereocenters. The maximum atomic E-state index is 10.5. The van der Waals surface area contributed by atoms with Gasteiger partial charge in [-0.05, 0) is 6.42 Å². The Labute approximate surface area is 54.6 Å². The summed E-state index contributed by atoms with van der Waals surface area (Å²) in [5.74, 6) is -0.188. The van der Waals surface area contributed by atoms with E-state index in [4.69, 9.17) is 0 Å². The molecule has 0 aliphatic heterocycles. The van der Waals surface area contributed by atoms with Crippen LogP contribution in [-0.2, 0) is 9.59 Å². The third-order valence-electron chi connectivity index (χ3n) is 0.996. The van der Waals surface area contributed by atoms with E-state index in [0.717, 1.165) is 11.3 Å². The Bertz CT molecular complexity index is 112. The number of hydrogen-bond donors (Lipinski definition) is 0. The minimum atomic E-state index is -0.188. The molecule has 3 nitrogen and oxygen atoms in total. The summed E-state index contributed by atoms with van der Waals surface area (Å²) in [4.78, 5) is 21.7. The molecule has 0 rings (SSSR count). The van der Waals surface area contributed by atoms with Gasteiger partial charge in [0.1, 0.15) is 0 Å². The Morgan fingerprint density at radius 2 is 2.22 bits per heavy atom. The molecule has 0 heterocycles. The van der Waals surface area contributed by atoms with E-state index in [1.807, 2.05) is 6.92 Å². The highest BCUT2D eigenvalue weighted by Crippen LogP contribution is 1.85. The number of amides is 2. The lowest BCUT2D eigenvalue weighted by Gasteiger charge is -2.09. The first-order chi connectivity index (χ1) is 4.22. The molecular weight excluding hydrogens is 118 g/mol. The van der Waals surface area contributed by atoms with Crippen molar-refractivity contribution in [1.29, 1.82) is 0 Å². The molecule has 0 saturated carbocycles. The average molecular weight is 129 g/mol. The van der Waals surface area contributed by atoms with E-state index >= 15 is 0 Å². The number of hydrogen-bond acceptors (Lipinski definition) is 2. The van der Waals surface area contributed by atoms with Crippen molar-refractivity contribution in [2.24, 2.45) is 0 Å². The molecule has 2 amide bonds. The van der Waals surface area contributed by atoms with Gasteiger partial charge in [-0.15, -0.1) is 0 Å². The second kappa shape index (κ2) is 4.06. The Balaban J connectivity index is 3.68. The van der Waals surface area contributed by atoms with Crippen molar-refractivity contribution in [2.75, 3.05) is 6.54 Å². The van der Waals surface area contributed by atoms with E-state index in [2.05, 4.69) is 0 Å². The molecule has 0 bridgehead atoms. The van der Waals surface area contributed by atoms with Crippen LogP contribution in [0, 0.1) is 0 Å². The molecule has 0 spiro atoms. The minimum absolute atomic E-state index is 0.188. The van der Waals surface area contributed by atoms with Crippen molar-refractivity contribution in [2.45, 2.75) is 20.3 Å². The van der Waals surface area contributed by atoms with Gasteiger partial charge in [0.25, 0.3) is 0 Å². The summed E-state index contributed by atoms with van der Waals surface area (Å²) in [6.07, 6.45) is 1.38. The molecule has 52 valence electrons. The van der Waals surface area contributed by atoms with Gasteiger partial charge in [-0.3, -0.25) is 14.5 Å². The van der Waals surface area contributed by atoms with Gasteiger partial charge < -0.3 is 0 Å². The van der Waals surface area contributed by atoms with Crippen LogP contribution >= 0.6 is 0 Å². The number of carbonyl (C=O) groups excluding carboxylic acids is 2. The van der Waals surface area contributed by atoms with Crippen LogP contribution in [0.15, 0.2) is 0 Å². The number of rotatable bonds is 3. The summed E-state index contributed by atoms with van der Waals surface area (Å²) in [7, 11) is 0. The zero-order chi connectivity index (χ0) is 7.28. The predicted octanol–water partition coefficient (Wildman–Crippen LogP) is 0.401. The summed E-state index contributed by atoms with van der Waals surface area (Å²) in [6, 6.07) is 0. The Morgan fingerprint density at radius 1 is 1.67 bits per heavy atom. The lowest BCUT2D eigenvalue weighted by Crippen LogP contribution is -2.27. The van der Waals surface area contributed by atoms with Gasteiger partial charge in [-0.2, -0.15) is 0 Å². The number of imide groups is 1. The molecule has 0 atom stereocenters. The first-order valence-electron chi connectivity index (χ1n) is 2.94. The van der Waals surface area contributed by atoms with E-state index < -0.39 is 0 Å². The smallest absolute Gasteiger partial charge is 0.225 e. The van der Waals surface area contributed by atoms with Crippen LogP contribution in [0.4, 0.5) is 0 Å².